The van der Waals surface area contributed by atoms with Crippen molar-refractivity contribution < 1.29 is 18.3 Å². The summed E-state index contributed by atoms with van der Waals surface area (Å²) in [4.78, 5) is 28.2. The number of anilines is 1. The lowest BCUT2D eigenvalue weighted by Crippen LogP contribution is -2.52. The van der Waals surface area contributed by atoms with Crippen molar-refractivity contribution >= 4 is 50.7 Å². The van der Waals surface area contributed by atoms with E-state index in [0.717, 1.165) is 28.6 Å². The number of hydrogen-bond acceptors (Lipinski definition) is 6. The fourth-order valence-electron chi connectivity index (χ4n) is 5.34. The maximum absolute atomic E-state index is 13.4. The van der Waals surface area contributed by atoms with Crippen LogP contribution in [-0.2, 0) is 9.53 Å². The first-order valence-corrected chi connectivity index (χ1v) is 14.4. The van der Waals surface area contributed by atoms with E-state index in [9.17, 15) is 13.6 Å². The maximum Gasteiger partial charge on any atom is 0.250 e. The molecule has 2 saturated carbocycles. The van der Waals surface area contributed by atoms with Crippen LogP contribution in [0.3, 0.4) is 0 Å². The van der Waals surface area contributed by atoms with Crippen LogP contribution in [0, 0.1) is 5.92 Å². The number of carbonyl (C=O) groups is 1. The van der Waals surface area contributed by atoms with Crippen molar-refractivity contribution in [1.29, 1.82) is 0 Å². The number of ether oxygens (including phenoxy) is 1. The number of piperidine rings is 1. The van der Waals surface area contributed by atoms with Crippen molar-refractivity contribution in [1.82, 2.24) is 9.88 Å². The number of amides is 1. The van der Waals surface area contributed by atoms with Crippen molar-refractivity contribution in [3.8, 4) is 0 Å². The largest absolute Gasteiger partial charge is 0.370 e. The van der Waals surface area contributed by atoms with Crippen molar-refractivity contribution in [2.75, 3.05) is 25.0 Å². The van der Waals surface area contributed by atoms with E-state index in [4.69, 9.17) is 4.74 Å². The average molecular weight is 544 g/mol. The number of carbonyl (C=O) groups excluding carboxylic acids is 1. The third kappa shape index (κ3) is 6.90. The van der Waals surface area contributed by atoms with Gasteiger partial charge in [0.15, 0.2) is 11.0 Å². The van der Waals surface area contributed by atoms with E-state index in [1.165, 1.54) is 24.2 Å². The Labute approximate surface area is 226 Å². The minimum absolute atomic E-state index is 0.0408. The number of rotatable bonds is 8. The summed E-state index contributed by atoms with van der Waals surface area (Å²) >= 11 is 1.44. The molecule has 1 saturated heterocycles. The summed E-state index contributed by atoms with van der Waals surface area (Å²) in [6, 6.07) is 6.16. The molecule has 0 spiro atoms. The van der Waals surface area contributed by atoms with Crippen molar-refractivity contribution in [2.45, 2.75) is 76.4 Å². The third-order valence-electron chi connectivity index (χ3n) is 7.69. The lowest BCUT2D eigenvalue weighted by Gasteiger charge is -2.44. The van der Waals surface area contributed by atoms with E-state index < -0.39 is 5.92 Å². The van der Waals surface area contributed by atoms with Crippen molar-refractivity contribution in [3.05, 3.63) is 30.0 Å². The highest BCUT2D eigenvalue weighted by molar-refractivity contribution is 7.22. The van der Waals surface area contributed by atoms with Gasteiger partial charge in [0.25, 0.3) is 5.92 Å². The second kappa shape index (κ2) is 12.1. The normalized spacial score (nSPS) is 25.0. The Morgan fingerprint density at radius 1 is 1.26 bits per heavy atom. The number of halogens is 2. The van der Waals surface area contributed by atoms with Gasteiger partial charge in [0.1, 0.15) is 6.61 Å². The number of alkyl halides is 2. The summed E-state index contributed by atoms with van der Waals surface area (Å²) in [5, 5.41) is 3.54. The molecule has 204 valence electrons. The second-order valence-corrected chi connectivity index (χ2v) is 11.4. The Bertz CT molecular complexity index is 1210. The fraction of sp³-hybridized carbons (Fsp3) is 0.571. The average Bonchev–Trinajstić information content (AvgIpc) is 3.52. The number of amidine groups is 1. The van der Waals surface area contributed by atoms with E-state index in [0.29, 0.717) is 49.6 Å². The summed E-state index contributed by atoms with van der Waals surface area (Å²) in [6.07, 6.45) is 11.6. The van der Waals surface area contributed by atoms with Crippen LogP contribution >= 0.6 is 11.3 Å². The van der Waals surface area contributed by atoms with Gasteiger partial charge < -0.3 is 10.1 Å². The fourth-order valence-corrected chi connectivity index (χ4v) is 6.25. The van der Waals surface area contributed by atoms with Gasteiger partial charge in [0.05, 0.1) is 16.3 Å². The van der Waals surface area contributed by atoms with Crippen LogP contribution in [-0.4, -0.2) is 65.6 Å². The molecule has 38 heavy (non-hydrogen) atoms. The molecule has 1 aliphatic heterocycles. The number of likely N-dealkylation sites (tertiary alicyclic amines) is 1. The molecule has 10 heteroatoms. The summed E-state index contributed by atoms with van der Waals surface area (Å²) in [5.74, 6) is -2.02. The van der Waals surface area contributed by atoms with Gasteiger partial charge in [0, 0.05) is 50.3 Å². The van der Waals surface area contributed by atoms with E-state index in [-0.39, 0.29) is 30.7 Å². The SMILES string of the molecule is C\C=N/C(COC1CCCC1)=N\C=C\c1ccc2nc(NC(=O)C3CC(N4CCC(F)(F)CC4)C3)sc2c1. The van der Waals surface area contributed by atoms with Crippen LogP contribution in [0.25, 0.3) is 16.3 Å². The highest BCUT2D eigenvalue weighted by Gasteiger charge is 2.42. The standard InChI is InChI=1S/C28H35F2N5O2S/c1-2-31-25(18-37-22-5-3-4-6-22)32-12-9-19-7-8-23-24(15-19)38-27(33-23)34-26(36)20-16-21(17-20)35-13-10-28(29,30)11-14-35/h2,7-9,12,15,20-22H,3-6,10-11,13-14,16-18H2,1H3,(H,33,34,36)/b12-9+,31-2-,32-25-. The smallest absolute Gasteiger partial charge is 0.250 e. The number of thiazole rings is 1. The molecule has 1 aromatic carbocycles. The predicted molar refractivity (Wildman–Crippen MR) is 149 cm³/mol. The molecule has 3 aliphatic rings. The minimum atomic E-state index is -2.54. The highest BCUT2D eigenvalue weighted by atomic mass is 32.1. The molecule has 5 rings (SSSR count). The predicted octanol–water partition coefficient (Wildman–Crippen LogP) is 6.16. The second-order valence-electron chi connectivity index (χ2n) is 10.4. The molecule has 2 heterocycles. The highest BCUT2D eigenvalue weighted by Crippen LogP contribution is 2.37. The van der Waals surface area contributed by atoms with Crippen LogP contribution < -0.4 is 5.32 Å². The molecule has 3 fully saturated rings. The summed E-state index contributed by atoms with van der Waals surface area (Å²) in [6.45, 7) is 3.09. The van der Waals surface area contributed by atoms with Gasteiger partial charge in [0.2, 0.25) is 5.91 Å². The maximum atomic E-state index is 13.4. The Hall–Kier alpha value is -2.56. The van der Waals surface area contributed by atoms with Crippen molar-refractivity contribution in [2.24, 2.45) is 15.9 Å². The van der Waals surface area contributed by atoms with Gasteiger partial charge >= 0.3 is 0 Å². The molecule has 2 aromatic rings. The zero-order valence-corrected chi connectivity index (χ0v) is 22.6. The molecule has 0 atom stereocenters. The summed E-state index contributed by atoms with van der Waals surface area (Å²) in [5.41, 5.74) is 1.81. The zero-order chi connectivity index (χ0) is 26.5. The van der Waals surface area contributed by atoms with E-state index >= 15 is 0 Å². The monoisotopic (exact) mass is 543 g/mol. The first-order chi connectivity index (χ1) is 18.4. The van der Waals surface area contributed by atoms with Crippen molar-refractivity contribution in [3.63, 3.8) is 0 Å². The van der Waals surface area contributed by atoms with Crippen LogP contribution in [0.15, 0.2) is 34.4 Å². The van der Waals surface area contributed by atoms with Crippen LogP contribution in [0.4, 0.5) is 13.9 Å². The topological polar surface area (TPSA) is 79.2 Å². The third-order valence-corrected chi connectivity index (χ3v) is 8.63. The van der Waals surface area contributed by atoms with E-state index in [1.54, 1.807) is 12.4 Å². The van der Waals surface area contributed by atoms with Gasteiger partial charge in [-0.15, -0.1) is 0 Å². The molecule has 0 radical (unpaired) electrons. The molecular formula is C28H35F2N5O2S. The number of aliphatic imine (C=N–C) groups is 2. The molecule has 7 nitrogen and oxygen atoms in total. The number of nitrogens with zero attached hydrogens (tertiary/aromatic N) is 4. The van der Waals surface area contributed by atoms with E-state index in [2.05, 4.69) is 25.2 Å². The number of benzene rings is 1. The van der Waals surface area contributed by atoms with E-state index in [1.807, 2.05) is 31.2 Å². The lowest BCUT2D eigenvalue weighted by molar-refractivity contribution is -0.126. The molecule has 1 N–H and O–H groups in total. The Morgan fingerprint density at radius 3 is 2.76 bits per heavy atom. The molecule has 0 unspecified atom stereocenters. The van der Waals surface area contributed by atoms with Gasteiger partial charge in [-0.1, -0.05) is 30.2 Å². The quantitative estimate of drug-likeness (QED) is 0.319. The van der Waals surface area contributed by atoms with Gasteiger partial charge in [-0.05, 0) is 56.4 Å². The van der Waals surface area contributed by atoms with Gasteiger partial charge in [-0.25, -0.2) is 23.7 Å². The number of nitrogens with one attached hydrogen (secondary N) is 1. The zero-order valence-electron chi connectivity index (χ0n) is 21.7. The lowest BCUT2D eigenvalue weighted by atomic mass is 9.78. The molecule has 2 aliphatic carbocycles. The minimum Gasteiger partial charge on any atom is -0.370 e. The Kier molecular flexibility index (Phi) is 8.60. The Balaban J connectivity index is 1.13. The Morgan fingerprint density at radius 2 is 2.03 bits per heavy atom. The van der Waals surface area contributed by atoms with Crippen LogP contribution in [0.1, 0.15) is 63.9 Å². The first kappa shape index (κ1) is 27.0. The first-order valence-electron chi connectivity index (χ1n) is 13.6. The number of aromatic nitrogens is 1. The number of fused-ring (bicyclic) bond motifs is 1. The van der Waals surface area contributed by atoms with Crippen LogP contribution in [0.2, 0.25) is 0 Å². The molecular weight excluding hydrogens is 508 g/mol. The summed E-state index contributed by atoms with van der Waals surface area (Å²) in [7, 11) is 0. The molecule has 0 bridgehead atoms. The van der Waals surface area contributed by atoms with Gasteiger partial charge in [-0.3, -0.25) is 9.69 Å². The summed E-state index contributed by atoms with van der Waals surface area (Å²) < 4.78 is 33.7. The van der Waals surface area contributed by atoms with Gasteiger partial charge in [-0.2, -0.15) is 0 Å². The molecule has 1 aromatic heterocycles. The van der Waals surface area contributed by atoms with Crippen LogP contribution in [0.5, 0.6) is 0 Å². The number of hydrogen-bond donors (Lipinski definition) is 1. The molecule has 1 amide bonds.